The van der Waals surface area contributed by atoms with Gasteiger partial charge in [0.15, 0.2) is 11.9 Å². The second kappa shape index (κ2) is 8.70. The number of rotatable bonds is 6. The molecule has 1 rings (SSSR count). The minimum atomic E-state index is -1.20. The summed E-state index contributed by atoms with van der Waals surface area (Å²) in [6.45, 7) is 6.18. The Balaban J connectivity index is 2.46. The molecule has 0 radical (unpaired) electrons. The lowest BCUT2D eigenvalue weighted by molar-refractivity contribution is -0.155. The number of nitrogens with one attached hydrogen (secondary N) is 3. The van der Waals surface area contributed by atoms with Crippen LogP contribution in [0.15, 0.2) is 22.8 Å². The Labute approximate surface area is 139 Å². The predicted octanol–water partition coefficient (Wildman–Crippen LogP) is 0.564. The minimum Gasteiger partial charge on any atom is -0.459 e. The highest BCUT2D eigenvalue weighted by Gasteiger charge is 2.25. The molecule has 1 heterocycles. The Morgan fingerprint density at radius 2 is 1.75 bits per heavy atom. The van der Waals surface area contributed by atoms with E-state index in [2.05, 4.69) is 10.6 Å². The topological polar surface area (TPSA) is 127 Å². The molecular formula is C15H21N3O6. The van der Waals surface area contributed by atoms with Crippen molar-refractivity contribution in [3.05, 3.63) is 24.2 Å². The third-order valence-electron chi connectivity index (χ3n) is 2.76. The molecule has 0 aliphatic heterocycles. The molecule has 0 fully saturated rings. The molecule has 1 aromatic rings. The SMILES string of the molecule is CC(C)NC(=O)NC(=O)[C@@H](C)OC(=O)[C@H](C)NC(=O)c1ccco1. The van der Waals surface area contributed by atoms with E-state index in [4.69, 9.17) is 9.15 Å². The summed E-state index contributed by atoms with van der Waals surface area (Å²) in [5.41, 5.74) is 0. The van der Waals surface area contributed by atoms with Gasteiger partial charge in [0.05, 0.1) is 6.26 Å². The molecule has 132 valence electrons. The van der Waals surface area contributed by atoms with Crippen LogP contribution in [-0.2, 0) is 14.3 Å². The van der Waals surface area contributed by atoms with E-state index in [0.29, 0.717) is 0 Å². The zero-order valence-corrected chi connectivity index (χ0v) is 13.9. The number of imide groups is 1. The fraction of sp³-hybridized carbons (Fsp3) is 0.467. The van der Waals surface area contributed by atoms with Gasteiger partial charge in [-0.1, -0.05) is 0 Å². The molecule has 24 heavy (non-hydrogen) atoms. The van der Waals surface area contributed by atoms with Gasteiger partial charge in [0.2, 0.25) is 0 Å². The Kier molecular flexibility index (Phi) is 6.97. The Bertz CT molecular complexity index is 596. The van der Waals surface area contributed by atoms with Gasteiger partial charge < -0.3 is 19.8 Å². The molecule has 3 N–H and O–H groups in total. The average Bonchev–Trinajstić information content (AvgIpc) is 3.00. The number of carbonyl (C=O) groups is 4. The Morgan fingerprint density at radius 1 is 1.08 bits per heavy atom. The Morgan fingerprint density at radius 3 is 2.29 bits per heavy atom. The second-order valence-electron chi connectivity index (χ2n) is 5.37. The van der Waals surface area contributed by atoms with E-state index in [0.717, 1.165) is 0 Å². The van der Waals surface area contributed by atoms with Crippen molar-refractivity contribution in [3.8, 4) is 0 Å². The summed E-state index contributed by atoms with van der Waals surface area (Å²) >= 11 is 0. The maximum absolute atomic E-state index is 11.9. The second-order valence-corrected chi connectivity index (χ2v) is 5.37. The summed E-state index contributed by atoms with van der Waals surface area (Å²) in [7, 11) is 0. The van der Waals surface area contributed by atoms with Crippen LogP contribution >= 0.6 is 0 Å². The molecule has 0 bridgehead atoms. The van der Waals surface area contributed by atoms with Crippen molar-refractivity contribution >= 4 is 23.8 Å². The molecule has 0 saturated heterocycles. The van der Waals surface area contributed by atoms with Crippen molar-refractivity contribution in [2.75, 3.05) is 0 Å². The molecule has 0 unspecified atom stereocenters. The van der Waals surface area contributed by atoms with Crippen LogP contribution in [0, 0.1) is 0 Å². The van der Waals surface area contributed by atoms with Crippen molar-refractivity contribution in [1.82, 2.24) is 16.0 Å². The van der Waals surface area contributed by atoms with E-state index in [1.165, 1.54) is 32.2 Å². The van der Waals surface area contributed by atoms with Crippen molar-refractivity contribution in [3.63, 3.8) is 0 Å². The molecule has 0 spiro atoms. The maximum atomic E-state index is 11.9. The highest BCUT2D eigenvalue weighted by Crippen LogP contribution is 2.02. The quantitative estimate of drug-likeness (QED) is 0.650. The minimum absolute atomic E-state index is 0.0470. The molecule has 0 aliphatic rings. The third kappa shape index (κ3) is 6.11. The summed E-state index contributed by atoms with van der Waals surface area (Å²) < 4.78 is 9.82. The van der Waals surface area contributed by atoms with Crippen LogP contribution in [0.25, 0.3) is 0 Å². The van der Waals surface area contributed by atoms with Crippen LogP contribution in [-0.4, -0.2) is 42.0 Å². The number of amides is 4. The molecule has 0 aliphatic carbocycles. The lowest BCUT2D eigenvalue weighted by atomic mass is 10.3. The largest absolute Gasteiger partial charge is 0.459 e. The van der Waals surface area contributed by atoms with E-state index in [-0.39, 0.29) is 11.8 Å². The first kappa shape index (κ1) is 19.2. The fourth-order valence-electron chi connectivity index (χ4n) is 1.58. The van der Waals surface area contributed by atoms with Crippen LogP contribution in [0.1, 0.15) is 38.2 Å². The number of hydrogen-bond acceptors (Lipinski definition) is 6. The molecule has 0 aromatic carbocycles. The van der Waals surface area contributed by atoms with Crippen LogP contribution in [0.3, 0.4) is 0 Å². The standard InChI is InChI=1S/C15H21N3O6/c1-8(2)16-15(22)18-12(19)10(4)24-14(21)9(3)17-13(20)11-6-5-7-23-11/h5-10H,1-4H3,(H,17,20)(H2,16,18,19,22)/t9-,10+/m0/s1. The summed E-state index contributed by atoms with van der Waals surface area (Å²) in [5.74, 6) is -2.13. The van der Waals surface area contributed by atoms with Gasteiger partial charge in [0.1, 0.15) is 6.04 Å². The molecule has 2 atom stereocenters. The summed E-state index contributed by atoms with van der Waals surface area (Å²) in [6, 6.07) is 1.15. The molecule has 1 aromatic heterocycles. The van der Waals surface area contributed by atoms with Gasteiger partial charge in [0, 0.05) is 6.04 Å². The van der Waals surface area contributed by atoms with Crippen molar-refractivity contribution < 1.29 is 28.3 Å². The van der Waals surface area contributed by atoms with Crippen molar-refractivity contribution in [2.45, 2.75) is 45.9 Å². The maximum Gasteiger partial charge on any atom is 0.329 e. The van der Waals surface area contributed by atoms with E-state index in [1.54, 1.807) is 13.8 Å². The molecule has 4 amide bonds. The van der Waals surface area contributed by atoms with Crippen LogP contribution in [0.5, 0.6) is 0 Å². The van der Waals surface area contributed by atoms with Crippen LogP contribution in [0.2, 0.25) is 0 Å². The fourth-order valence-corrected chi connectivity index (χ4v) is 1.58. The van der Waals surface area contributed by atoms with Crippen LogP contribution in [0.4, 0.5) is 4.79 Å². The van der Waals surface area contributed by atoms with Gasteiger partial charge in [-0.3, -0.25) is 14.9 Å². The number of urea groups is 1. The number of carbonyl (C=O) groups excluding carboxylic acids is 4. The highest BCUT2D eigenvalue weighted by molar-refractivity contribution is 5.98. The van der Waals surface area contributed by atoms with Gasteiger partial charge in [-0.2, -0.15) is 0 Å². The first-order valence-electron chi connectivity index (χ1n) is 7.37. The van der Waals surface area contributed by atoms with E-state index in [1.807, 2.05) is 5.32 Å². The number of ether oxygens (including phenoxy) is 1. The molecule has 0 saturated carbocycles. The Hall–Kier alpha value is -2.84. The van der Waals surface area contributed by atoms with Gasteiger partial charge in [-0.25, -0.2) is 9.59 Å². The zero-order valence-electron chi connectivity index (χ0n) is 13.9. The highest BCUT2D eigenvalue weighted by atomic mass is 16.5. The summed E-state index contributed by atoms with van der Waals surface area (Å²) in [4.78, 5) is 46.8. The normalized spacial score (nSPS) is 12.9. The number of esters is 1. The lowest BCUT2D eigenvalue weighted by Crippen LogP contribution is -2.48. The van der Waals surface area contributed by atoms with Gasteiger partial charge in [-0.15, -0.1) is 0 Å². The first-order chi connectivity index (χ1) is 11.2. The molecular weight excluding hydrogens is 318 g/mol. The summed E-state index contributed by atoms with van der Waals surface area (Å²) in [6.07, 6.45) is 0.130. The number of furan rings is 1. The number of hydrogen-bond donors (Lipinski definition) is 3. The first-order valence-corrected chi connectivity index (χ1v) is 7.37. The van der Waals surface area contributed by atoms with E-state index < -0.39 is 36.0 Å². The van der Waals surface area contributed by atoms with Gasteiger partial charge in [-0.05, 0) is 39.8 Å². The summed E-state index contributed by atoms with van der Waals surface area (Å²) in [5, 5.41) is 6.89. The van der Waals surface area contributed by atoms with Crippen LogP contribution < -0.4 is 16.0 Å². The van der Waals surface area contributed by atoms with Gasteiger partial charge >= 0.3 is 12.0 Å². The predicted molar refractivity (Wildman–Crippen MR) is 83.0 cm³/mol. The molecule has 9 heteroatoms. The zero-order chi connectivity index (χ0) is 18.3. The monoisotopic (exact) mass is 339 g/mol. The average molecular weight is 339 g/mol. The van der Waals surface area contributed by atoms with E-state index in [9.17, 15) is 19.2 Å². The third-order valence-corrected chi connectivity index (χ3v) is 2.76. The molecule has 9 nitrogen and oxygen atoms in total. The van der Waals surface area contributed by atoms with Gasteiger partial charge in [0.25, 0.3) is 11.8 Å². The van der Waals surface area contributed by atoms with Crippen molar-refractivity contribution in [1.29, 1.82) is 0 Å². The van der Waals surface area contributed by atoms with E-state index >= 15 is 0 Å². The lowest BCUT2D eigenvalue weighted by Gasteiger charge is -2.17. The smallest absolute Gasteiger partial charge is 0.329 e. The van der Waals surface area contributed by atoms with Crippen molar-refractivity contribution in [2.24, 2.45) is 0 Å².